The van der Waals surface area contributed by atoms with Crippen LogP contribution in [0.1, 0.15) is 24.8 Å². The Balaban J connectivity index is 1.73. The minimum atomic E-state index is -3.35. The van der Waals surface area contributed by atoms with Gasteiger partial charge in [0.2, 0.25) is 10.0 Å². The van der Waals surface area contributed by atoms with Gasteiger partial charge in [-0.2, -0.15) is 0 Å². The van der Waals surface area contributed by atoms with Crippen LogP contribution < -0.4 is 5.32 Å². The molecule has 1 N–H and O–H groups in total. The molecule has 1 aromatic rings. The number of nitrogens with zero attached hydrogens (tertiary/aromatic N) is 2. The summed E-state index contributed by atoms with van der Waals surface area (Å²) in [5.41, 5.74) is 1.07. The van der Waals surface area contributed by atoms with Crippen molar-refractivity contribution in [1.29, 1.82) is 0 Å². The lowest BCUT2D eigenvalue weighted by molar-refractivity contribution is 0.251. The Labute approximate surface area is 133 Å². The maximum atomic E-state index is 12.2. The van der Waals surface area contributed by atoms with Crippen LogP contribution in [-0.2, 0) is 16.6 Å². The Hall–Kier alpha value is -0.950. The van der Waals surface area contributed by atoms with Gasteiger partial charge in [0.1, 0.15) is 0 Å². The summed E-state index contributed by atoms with van der Waals surface area (Å²) in [6.07, 6.45) is 3.75. The van der Waals surface area contributed by atoms with Gasteiger partial charge in [0.05, 0.1) is 4.90 Å². The number of rotatable bonds is 4. The van der Waals surface area contributed by atoms with Gasteiger partial charge in [0, 0.05) is 45.8 Å². The van der Waals surface area contributed by atoms with E-state index in [2.05, 4.69) is 10.2 Å². The molecule has 2 unspecified atom stereocenters. The van der Waals surface area contributed by atoms with Gasteiger partial charge in [0.15, 0.2) is 0 Å². The van der Waals surface area contributed by atoms with Gasteiger partial charge < -0.3 is 5.32 Å². The largest absolute Gasteiger partial charge is 0.310 e. The van der Waals surface area contributed by atoms with E-state index in [1.165, 1.54) is 23.6 Å². The van der Waals surface area contributed by atoms with Crippen molar-refractivity contribution in [3.05, 3.63) is 29.8 Å². The average molecular weight is 323 g/mol. The quantitative estimate of drug-likeness (QED) is 0.906. The molecular weight excluding hydrogens is 298 g/mol. The topological polar surface area (TPSA) is 52.7 Å². The molecule has 0 aromatic heterocycles. The van der Waals surface area contributed by atoms with Crippen molar-refractivity contribution in [2.45, 2.75) is 42.8 Å². The maximum absolute atomic E-state index is 12.2. The van der Waals surface area contributed by atoms with E-state index in [0.29, 0.717) is 17.0 Å². The Morgan fingerprint density at radius 2 is 2.00 bits per heavy atom. The number of benzene rings is 1. The molecule has 2 saturated heterocycles. The zero-order valence-electron chi connectivity index (χ0n) is 13.3. The summed E-state index contributed by atoms with van der Waals surface area (Å²) in [5.74, 6) is 0. The third kappa shape index (κ3) is 3.35. The number of likely N-dealkylation sites (tertiary alicyclic amines) is 1. The molecule has 5 nitrogen and oxygen atoms in total. The first-order valence-corrected chi connectivity index (χ1v) is 9.39. The van der Waals surface area contributed by atoms with Crippen LogP contribution in [0.3, 0.4) is 0 Å². The van der Waals surface area contributed by atoms with E-state index < -0.39 is 10.0 Å². The third-order valence-corrected chi connectivity index (χ3v) is 6.50. The Kier molecular flexibility index (Phi) is 4.54. The van der Waals surface area contributed by atoms with Crippen molar-refractivity contribution in [3.8, 4) is 0 Å². The first-order valence-electron chi connectivity index (χ1n) is 7.95. The van der Waals surface area contributed by atoms with E-state index >= 15 is 0 Å². The fourth-order valence-electron chi connectivity index (χ4n) is 3.43. The summed E-state index contributed by atoms with van der Waals surface area (Å²) in [4.78, 5) is 2.82. The highest BCUT2D eigenvalue weighted by Gasteiger charge is 2.29. The van der Waals surface area contributed by atoms with Crippen LogP contribution in [0.4, 0.5) is 0 Å². The Morgan fingerprint density at radius 1 is 1.23 bits per heavy atom. The molecule has 2 fully saturated rings. The van der Waals surface area contributed by atoms with E-state index in [-0.39, 0.29) is 0 Å². The van der Waals surface area contributed by atoms with E-state index in [1.807, 2.05) is 18.2 Å². The molecule has 122 valence electrons. The molecule has 1 aromatic carbocycles. The number of fused-ring (bicyclic) bond motifs is 2. The second-order valence-corrected chi connectivity index (χ2v) is 8.75. The Morgan fingerprint density at radius 3 is 2.77 bits per heavy atom. The second kappa shape index (κ2) is 6.28. The molecule has 22 heavy (non-hydrogen) atoms. The zero-order valence-corrected chi connectivity index (χ0v) is 14.1. The van der Waals surface area contributed by atoms with E-state index in [0.717, 1.165) is 25.2 Å². The standard InChI is InChI=1S/C16H25N3O2S/c1-18(2)22(20,21)16-5-3-4-13(10-16)11-19-9-8-14-6-7-15(12-19)17-14/h3-5,10,14-15,17H,6-9,11-12H2,1-2H3. The average Bonchev–Trinajstić information content (AvgIpc) is 2.82. The lowest BCUT2D eigenvalue weighted by atomic mass is 10.1. The maximum Gasteiger partial charge on any atom is 0.242 e. The normalized spacial score (nSPS) is 26.3. The highest BCUT2D eigenvalue weighted by atomic mass is 32.2. The van der Waals surface area contributed by atoms with E-state index in [1.54, 1.807) is 20.2 Å². The summed E-state index contributed by atoms with van der Waals surface area (Å²) in [6, 6.07) is 8.62. The van der Waals surface area contributed by atoms with Gasteiger partial charge in [0.25, 0.3) is 0 Å². The number of hydrogen-bond acceptors (Lipinski definition) is 4. The molecule has 3 rings (SSSR count). The molecule has 0 saturated carbocycles. The number of sulfonamides is 1. The van der Waals surface area contributed by atoms with Crippen molar-refractivity contribution in [3.63, 3.8) is 0 Å². The monoisotopic (exact) mass is 323 g/mol. The van der Waals surface area contributed by atoms with Gasteiger partial charge in [-0.25, -0.2) is 12.7 Å². The van der Waals surface area contributed by atoms with Crippen molar-refractivity contribution >= 4 is 10.0 Å². The molecule has 0 amide bonds. The zero-order chi connectivity index (χ0) is 15.7. The molecular formula is C16H25N3O2S. The van der Waals surface area contributed by atoms with Crippen LogP contribution in [0.15, 0.2) is 29.2 Å². The fraction of sp³-hybridized carbons (Fsp3) is 0.625. The van der Waals surface area contributed by atoms with Crippen molar-refractivity contribution in [2.75, 3.05) is 27.2 Å². The minimum absolute atomic E-state index is 0.379. The lowest BCUT2D eigenvalue weighted by Crippen LogP contribution is -2.35. The second-order valence-electron chi connectivity index (χ2n) is 6.60. The highest BCUT2D eigenvalue weighted by Crippen LogP contribution is 2.22. The van der Waals surface area contributed by atoms with Crippen LogP contribution >= 0.6 is 0 Å². The predicted octanol–water partition coefficient (Wildman–Crippen LogP) is 1.26. The molecule has 0 radical (unpaired) electrons. The summed E-state index contributed by atoms with van der Waals surface area (Å²) in [5, 5.41) is 3.67. The van der Waals surface area contributed by atoms with Gasteiger partial charge in [-0.1, -0.05) is 12.1 Å². The predicted molar refractivity (Wildman–Crippen MR) is 87.2 cm³/mol. The smallest absolute Gasteiger partial charge is 0.242 e. The van der Waals surface area contributed by atoms with Crippen molar-refractivity contribution < 1.29 is 8.42 Å². The van der Waals surface area contributed by atoms with E-state index in [4.69, 9.17) is 0 Å². The van der Waals surface area contributed by atoms with Crippen LogP contribution in [0.2, 0.25) is 0 Å². The molecule has 2 aliphatic rings. The molecule has 6 heteroatoms. The van der Waals surface area contributed by atoms with Crippen molar-refractivity contribution in [2.24, 2.45) is 0 Å². The van der Waals surface area contributed by atoms with Crippen molar-refractivity contribution in [1.82, 2.24) is 14.5 Å². The van der Waals surface area contributed by atoms with Crippen LogP contribution in [0, 0.1) is 0 Å². The fourth-order valence-corrected chi connectivity index (χ4v) is 4.40. The summed E-state index contributed by atoms with van der Waals surface area (Å²) in [7, 11) is -0.216. The molecule has 0 aliphatic carbocycles. The number of nitrogens with one attached hydrogen (secondary N) is 1. The lowest BCUT2D eigenvalue weighted by Gasteiger charge is -2.24. The van der Waals surface area contributed by atoms with E-state index in [9.17, 15) is 8.42 Å². The van der Waals surface area contributed by atoms with Gasteiger partial charge >= 0.3 is 0 Å². The third-order valence-electron chi connectivity index (χ3n) is 4.69. The summed E-state index contributed by atoms with van der Waals surface area (Å²) >= 11 is 0. The van der Waals surface area contributed by atoms with Gasteiger partial charge in [-0.3, -0.25) is 4.90 Å². The minimum Gasteiger partial charge on any atom is -0.310 e. The molecule has 2 aliphatic heterocycles. The molecule has 2 heterocycles. The first-order chi connectivity index (χ1) is 10.4. The number of hydrogen-bond donors (Lipinski definition) is 1. The summed E-state index contributed by atoms with van der Waals surface area (Å²) in [6.45, 7) is 2.96. The van der Waals surface area contributed by atoms with Gasteiger partial charge in [-0.15, -0.1) is 0 Å². The molecule has 2 atom stereocenters. The first kappa shape index (κ1) is 15.9. The Bertz CT molecular complexity index is 630. The molecule has 2 bridgehead atoms. The highest BCUT2D eigenvalue weighted by molar-refractivity contribution is 7.89. The van der Waals surface area contributed by atoms with Crippen LogP contribution in [-0.4, -0.2) is 56.9 Å². The molecule has 0 spiro atoms. The van der Waals surface area contributed by atoms with Crippen LogP contribution in [0.5, 0.6) is 0 Å². The summed E-state index contributed by atoms with van der Waals surface area (Å²) < 4.78 is 25.7. The van der Waals surface area contributed by atoms with Crippen LogP contribution in [0.25, 0.3) is 0 Å². The van der Waals surface area contributed by atoms with Gasteiger partial charge in [-0.05, 0) is 37.0 Å². The SMILES string of the molecule is CN(C)S(=O)(=O)c1cccc(CN2CCC3CCC(C2)N3)c1.